The third-order valence-corrected chi connectivity index (χ3v) is 8.93. The van der Waals surface area contributed by atoms with Gasteiger partial charge in [-0.3, -0.25) is 4.79 Å². The molecule has 7 aromatic rings. The van der Waals surface area contributed by atoms with Gasteiger partial charge < -0.3 is 14.5 Å². The number of hydrogen-bond donors (Lipinski definition) is 1. The molecule has 0 saturated heterocycles. The summed E-state index contributed by atoms with van der Waals surface area (Å²) in [7, 11) is 0. The van der Waals surface area contributed by atoms with Crippen molar-refractivity contribution in [2.45, 2.75) is 53.4 Å². The van der Waals surface area contributed by atoms with Crippen molar-refractivity contribution in [2.24, 2.45) is 11.8 Å². The molecule has 0 saturated carbocycles. The van der Waals surface area contributed by atoms with Gasteiger partial charge in [-0.15, -0.1) is 35.0 Å². The molecule has 7 rings (SSSR count). The molecule has 0 amide bonds. The number of ketones is 1. The average Bonchev–Trinajstić information content (AvgIpc) is 3.36. The summed E-state index contributed by atoms with van der Waals surface area (Å²) in [5.41, 5.74) is 4.78. The topological polar surface area (TPSA) is 54.6 Å². The Kier molecular flexibility index (Phi) is 9.15. The Labute approximate surface area is 266 Å². The zero-order valence-electron chi connectivity index (χ0n) is 25.1. The molecule has 3 heterocycles. The zero-order chi connectivity index (χ0) is 29.4. The van der Waals surface area contributed by atoms with E-state index in [-0.39, 0.29) is 43.5 Å². The van der Waals surface area contributed by atoms with Crippen molar-refractivity contribution in [1.29, 1.82) is 0 Å². The van der Waals surface area contributed by atoms with Crippen molar-refractivity contribution in [3.63, 3.8) is 0 Å². The van der Waals surface area contributed by atoms with Gasteiger partial charge in [0.15, 0.2) is 5.78 Å². The molecule has 4 aromatic carbocycles. The summed E-state index contributed by atoms with van der Waals surface area (Å²) in [5, 5.41) is 18.4. The quantitative estimate of drug-likeness (QED) is 0.0581. The van der Waals surface area contributed by atoms with Crippen LogP contribution in [0.15, 0.2) is 90.8 Å². The van der Waals surface area contributed by atoms with Crippen LogP contribution >= 0.6 is 0 Å². The van der Waals surface area contributed by atoms with Crippen molar-refractivity contribution in [3.05, 3.63) is 96.9 Å². The second-order valence-electron chi connectivity index (χ2n) is 11.2. The fraction of sp³-hybridized carbons (Fsp3) is 0.263. The van der Waals surface area contributed by atoms with E-state index in [2.05, 4.69) is 71.1 Å². The number of aliphatic hydroxyl groups is 1. The van der Waals surface area contributed by atoms with Crippen LogP contribution in [0, 0.1) is 17.9 Å². The maximum atomic E-state index is 11.7. The summed E-state index contributed by atoms with van der Waals surface area (Å²) in [5.74, 6) is 0.547. The molecule has 0 bridgehead atoms. The SMILES string of the molecule is CCC(CC)C(=O)/C=C(\O)C(CC)CC.[Ir].[c-]1cccc2cc3c4c(ccnc4c12)c1cccc2c4ccccc4n3c12. The first-order valence-corrected chi connectivity index (χ1v) is 15.2. The van der Waals surface area contributed by atoms with Gasteiger partial charge in [-0.2, -0.15) is 0 Å². The number of carbonyl (C=O) groups is 1. The molecule has 1 N–H and O–H groups in total. The predicted molar refractivity (Wildman–Crippen MR) is 177 cm³/mol. The summed E-state index contributed by atoms with van der Waals surface area (Å²) >= 11 is 0. The number of carbonyl (C=O) groups excluding carboxylic acids is 1. The Hall–Kier alpha value is -3.79. The first-order valence-electron chi connectivity index (χ1n) is 15.2. The Morgan fingerprint density at radius 2 is 1.51 bits per heavy atom. The van der Waals surface area contributed by atoms with Gasteiger partial charge >= 0.3 is 0 Å². The van der Waals surface area contributed by atoms with E-state index in [0.29, 0.717) is 0 Å². The van der Waals surface area contributed by atoms with Crippen molar-refractivity contribution >= 4 is 65.6 Å². The Morgan fingerprint density at radius 1 is 0.837 bits per heavy atom. The van der Waals surface area contributed by atoms with E-state index in [4.69, 9.17) is 4.98 Å². The second-order valence-corrected chi connectivity index (χ2v) is 11.2. The van der Waals surface area contributed by atoms with Crippen LogP contribution in [-0.4, -0.2) is 20.3 Å². The number of pyridine rings is 2. The molecule has 0 aliphatic carbocycles. The largest absolute Gasteiger partial charge is 0.512 e. The maximum Gasteiger partial charge on any atom is 0.162 e. The minimum atomic E-state index is 0. The molecule has 5 heteroatoms. The molecule has 0 unspecified atom stereocenters. The van der Waals surface area contributed by atoms with Gasteiger partial charge in [-0.1, -0.05) is 70.2 Å². The molecule has 0 fully saturated rings. The van der Waals surface area contributed by atoms with Gasteiger partial charge in [0.1, 0.15) is 0 Å². The molecule has 43 heavy (non-hydrogen) atoms. The minimum Gasteiger partial charge on any atom is -0.512 e. The smallest absolute Gasteiger partial charge is 0.162 e. The summed E-state index contributed by atoms with van der Waals surface area (Å²) in [6.07, 6.45) is 6.84. The maximum absolute atomic E-state index is 11.7. The molecule has 3 aromatic heterocycles. The number of fused-ring (bicyclic) bond motifs is 7. The standard InChI is InChI=1S/C25H13N2.C13H24O2.Ir/c1-2-7-16-15(6-1)14-22-23-18(12-13-26-24(16)23)20-10-5-9-19-17-8-3-4-11-21(17)27(22)25(19)20;1-5-10(6-2)12(14)9-13(15)11(7-3)8-4;/h1-6,8-14H;9-11,14H,5-8H2,1-4H3;/q-1;;/b;12-9-;. The van der Waals surface area contributed by atoms with E-state index in [9.17, 15) is 9.90 Å². The van der Waals surface area contributed by atoms with Crippen LogP contribution in [0.25, 0.3) is 59.8 Å². The third-order valence-electron chi connectivity index (χ3n) is 8.93. The summed E-state index contributed by atoms with van der Waals surface area (Å²) in [6.45, 7) is 8.07. The van der Waals surface area contributed by atoms with Gasteiger partial charge in [0, 0.05) is 65.9 Å². The van der Waals surface area contributed by atoms with E-state index < -0.39 is 0 Å². The fourth-order valence-corrected chi connectivity index (χ4v) is 6.57. The average molecular weight is 746 g/mol. The normalized spacial score (nSPS) is 12.2. The van der Waals surface area contributed by atoms with Crippen LogP contribution in [0.1, 0.15) is 53.4 Å². The molecule has 0 spiro atoms. The number of benzene rings is 4. The van der Waals surface area contributed by atoms with Crippen molar-refractivity contribution in [1.82, 2.24) is 9.38 Å². The Balaban J connectivity index is 0.000000201. The van der Waals surface area contributed by atoms with E-state index in [1.54, 1.807) is 0 Å². The monoisotopic (exact) mass is 746 g/mol. The van der Waals surface area contributed by atoms with Crippen molar-refractivity contribution < 1.29 is 30.0 Å². The number of aliphatic hydroxyl groups excluding tert-OH is 1. The number of rotatable bonds is 7. The molecular formula is C38H37IrN2O2-. The van der Waals surface area contributed by atoms with Crippen molar-refractivity contribution in [2.75, 3.05) is 0 Å². The van der Waals surface area contributed by atoms with Crippen LogP contribution in [-0.2, 0) is 24.9 Å². The summed E-state index contributed by atoms with van der Waals surface area (Å²) < 4.78 is 2.42. The molecule has 1 radical (unpaired) electrons. The van der Waals surface area contributed by atoms with Crippen molar-refractivity contribution in [3.8, 4) is 0 Å². The summed E-state index contributed by atoms with van der Waals surface area (Å²) in [6, 6.07) is 29.3. The minimum absolute atomic E-state index is 0. The number of para-hydroxylation sites is 2. The number of nitrogens with zero attached hydrogens (tertiary/aromatic N) is 2. The summed E-state index contributed by atoms with van der Waals surface area (Å²) in [4.78, 5) is 16.5. The molecule has 4 nitrogen and oxygen atoms in total. The van der Waals surface area contributed by atoms with Gasteiger partial charge in [-0.05, 0) is 54.1 Å². The first-order chi connectivity index (χ1) is 20.5. The van der Waals surface area contributed by atoms with Crippen LogP contribution in [0.4, 0.5) is 0 Å². The van der Waals surface area contributed by atoms with Crippen LogP contribution in [0.5, 0.6) is 0 Å². The van der Waals surface area contributed by atoms with E-state index in [1.807, 2.05) is 46.0 Å². The fourth-order valence-electron chi connectivity index (χ4n) is 6.57. The van der Waals surface area contributed by atoms with E-state index in [0.717, 1.165) is 36.6 Å². The molecular weight excluding hydrogens is 709 g/mol. The zero-order valence-corrected chi connectivity index (χ0v) is 27.5. The first kappa shape index (κ1) is 30.7. The Bertz CT molecular complexity index is 2080. The number of allylic oxidation sites excluding steroid dienone is 2. The number of aromatic nitrogens is 2. The number of hydrogen-bond acceptors (Lipinski definition) is 3. The van der Waals surface area contributed by atoms with Gasteiger partial charge in [0.05, 0.1) is 16.8 Å². The van der Waals surface area contributed by atoms with E-state index >= 15 is 0 Å². The Morgan fingerprint density at radius 3 is 2.23 bits per heavy atom. The molecule has 0 aliphatic heterocycles. The van der Waals surface area contributed by atoms with Gasteiger partial charge in [0.25, 0.3) is 0 Å². The van der Waals surface area contributed by atoms with Crippen LogP contribution < -0.4 is 0 Å². The molecule has 0 atom stereocenters. The van der Waals surface area contributed by atoms with E-state index in [1.165, 1.54) is 54.9 Å². The second kappa shape index (κ2) is 12.8. The third kappa shape index (κ3) is 5.19. The molecule has 0 aliphatic rings. The van der Waals surface area contributed by atoms with Crippen LogP contribution in [0.2, 0.25) is 0 Å². The molecule has 221 valence electrons. The predicted octanol–water partition coefficient (Wildman–Crippen LogP) is 10.2. The van der Waals surface area contributed by atoms with Gasteiger partial charge in [0.2, 0.25) is 0 Å². The van der Waals surface area contributed by atoms with Gasteiger partial charge in [-0.25, -0.2) is 0 Å². The van der Waals surface area contributed by atoms with Crippen LogP contribution in [0.3, 0.4) is 0 Å².